The summed E-state index contributed by atoms with van der Waals surface area (Å²) < 4.78 is 27.7. The van der Waals surface area contributed by atoms with Gasteiger partial charge < -0.3 is 5.32 Å². The Morgan fingerprint density at radius 2 is 2.00 bits per heavy atom. The van der Waals surface area contributed by atoms with E-state index in [0.29, 0.717) is 12.0 Å². The lowest BCUT2D eigenvalue weighted by atomic mass is 10.0. The van der Waals surface area contributed by atoms with Crippen LogP contribution in [0.4, 0.5) is 8.78 Å². The van der Waals surface area contributed by atoms with Crippen LogP contribution >= 0.6 is 22.9 Å². The number of thiophene rings is 1. The van der Waals surface area contributed by atoms with E-state index in [9.17, 15) is 8.78 Å². The molecule has 108 valence electrons. The molecule has 1 atom stereocenters. The Morgan fingerprint density at radius 3 is 2.65 bits per heavy atom. The lowest BCUT2D eigenvalue weighted by Gasteiger charge is -2.17. The zero-order valence-electron chi connectivity index (χ0n) is 11.1. The van der Waals surface area contributed by atoms with Gasteiger partial charge in [0.2, 0.25) is 0 Å². The lowest BCUT2D eigenvalue weighted by molar-refractivity contribution is 0.475. The molecule has 0 aliphatic rings. The van der Waals surface area contributed by atoms with Crippen molar-refractivity contribution in [3.63, 3.8) is 0 Å². The monoisotopic (exact) mass is 315 g/mol. The number of benzene rings is 1. The molecule has 2 rings (SSSR count). The highest BCUT2D eigenvalue weighted by atomic mass is 35.5. The number of hydrogen-bond donors (Lipinski definition) is 1. The molecule has 0 spiro atoms. The molecule has 1 nitrogen and oxygen atoms in total. The number of nitrogens with one attached hydrogen (secondary N) is 1. The Hall–Kier alpha value is -0.970. The first kappa shape index (κ1) is 15.4. The Kier molecular flexibility index (Phi) is 5.52. The average Bonchev–Trinajstić information content (AvgIpc) is 2.81. The van der Waals surface area contributed by atoms with Crippen molar-refractivity contribution in [1.82, 2.24) is 5.32 Å². The lowest BCUT2D eigenvalue weighted by Crippen LogP contribution is -2.33. The molecule has 2 aromatic rings. The maximum absolute atomic E-state index is 13.7. The predicted molar refractivity (Wildman–Crippen MR) is 80.6 cm³/mol. The third kappa shape index (κ3) is 4.01. The van der Waals surface area contributed by atoms with Crippen molar-refractivity contribution in [3.05, 3.63) is 56.7 Å². The summed E-state index contributed by atoms with van der Waals surface area (Å²) in [4.78, 5) is 1.14. The molecule has 5 heteroatoms. The Bertz CT molecular complexity index is 571. The summed E-state index contributed by atoms with van der Waals surface area (Å²) in [5, 5.41) is 3.31. The van der Waals surface area contributed by atoms with Crippen LogP contribution in [0.15, 0.2) is 30.3 Å². The number of rotatable bonds is 6. The van der Waals surface area contributed by atoms with Crippen LogP contribution < -0.4 is 5.32 Å². The van der Waals surface area contributed by atoms with Gasteiger partial charge in [0.05, 0.1) is 4.34 Å². The van der Waals surface area contributed by atoms with Crippen LogP contribution in [-0.4, -0.2) is 12.6 Å². The number of halogens is 3. The van der Waals surface area contributed by atoms with Crippen LogP contribution in [0.2, 0.25) is 4.34 Å². The van der Waals surface area contributed by atoms with E-state index < -0.39 is 11.6 Å². The van der Waals surface area contributed by atoms with Gasteiger partial charge in [0, 0.05) is 10.9 Å². The van der Waals surface area contributed by atoms with E-state index in [0.717, 1.165) is 28.2 Å². The highest BCUT2D eigenvalue weighted by molar-refractivity contribution is 7.16. The number of likely N-dealkylation sites (N-methyl/N-ethyl adjacent to an activating group) is 1. The molecular formula is C15H16ClF2NS. The molecule has 0 saturated heterocycles. The second-order valence-electron chi connectivity index (χ2n) is 4.58. The minimum absolute atomic E-state index is 0.0611. The number of hydrogen-bond acceptors (Lipinski definition) is 2. The molecule has 0 fully saturated rings. The minimum atomic E-state index is -0.795. The zero-order valence-corrected chi connectivity index (χ0v) is 12.7. The first-order valence-electron chi connectivity index (χ1n) is 6.50. The third-order valence-electron chi connectivity index (χ3n) is 3.07. The van der Waals surface area contributed by atoms with E-state index in [1.165, 1.54) is 11.3 Å². The molecule has 0 aliphatic heterocycles. The minimum Gasteiger partial charge on any atom is -0.314 e. The summed E-state index contributed by atoms with van der Waals surface area (Å²) in [5.74, 6) is -1.54. The van der Waals surface area contributed by atoms with E-state index in [2.05, 4.69) is 5.32 Å². The molecule has 0 aliphatic carbocycles. The standard InChI is InChI=1S/C15H16ClF2NS/c1-2-19-11(9-12-6-7-14(16)20-12)8-10-4-3-5-13(17)15(10)18/h3-7,11,19H,2,8-9H2,1H3. The maximum atomic E-state index is 13.7. The molecule has 0 saturated carbocycles. The van der Waals surface area contributed by atoms with Crippen molar-refractivity contribution in [2.75, 3.05) is 6.54 Å². The van der Waals surface area contributed by atoms with Gasteiger partial charge in [0.25, 0.3) is 0 Å². The molecule has 1 unspecified atom stereocenters. The van der Waals surface area contributed by atoms with Crippen molar-refractivity contribution >= 4 is 22.9 Å². The third-order valence-corrected chi connectivity index (χ3v) is 4.32. The molecule has 0 bridgehead atoms. The van der Waals surface area contributed by atoms with E-state index in [1.54, 1.807) is 12.1 Å². The van der Waals surface area contributed by atoms with Crippen LogP contribution in [0, 0.1) is 11.6 Å². The summed E-state index contributed by atoms with van der Waals surface area (Å²) in [6, 6.07) is 8.20. The van der Waals surface area contributed by atoms with Gasteiger partial charge in [-0.1, -0.05) is 30.7 Å². The predicted octanol–water partition coefficient (Wildman–Crippen LogP) is 4.44. The molecule has 0 amide bonds. The van der Waals surface area contributed by atoms with Crippen LogP contribution in [0.25, 0.3) is 0 Å². The van der Waals surface area contributed by atoms with Gasteiger partial charge in [-0.05, 0) is 43.1 Å². The fraction of sp³-hybridized carbons (Fsp3) is 0.333. The summed E-state index contributed by atoms with van der Waals surface area (Å²) in [5.41, 5.74) is 0.401. The van der Waals surface area contributed by atoms with Gasteiger partial charge in [-0.25, -0.2) is 8.78 Å². The summed E-state index contributed by atoms with van der Waals surface area (Å²) in [6.45, 7) is 2.77. The first-order valence-corrected chi connectivity index (χ1v) is 7.70. The van der Waals surface area contributed by atoms with Crippen molar-refractivity contribution in [1.29, 1.82) is 0 Å². The molecule has 1 aromatic heterocycles. The zero-order chi connectivity index (χ0) is 14.5. The van der Waals surface area contributed by atoms with Crippen LogP contribution in [0.5, 0.6) is 0 Å². The van der Waals surface area contributed by atoms with E-state index >= 15 is 0 Å². The fourth-order valence-electron chi connectivity index (χ4n) is 2.18. The molecule has 1 N–H and O–H groups in total. The highest BCUT2D eigenvalue weighted by Gasteiger charge is 2.15. The van der Waals surface area contributed by atoms with Crippen LogP contribution in [0.1, 0.15) is 17.4 Å². The molecule has 1 heterocycles. The Balaban J connectivity index is 2.10. The van der Waals surface area contributed by atoms with Gasteiger partial charge in [-0.2, -0.15) is 0 Å². The summed E-state index contributed by atoms with van der Waals surface area (Å²) >= 11 is 7.43. The normalized spacial score (nSPS) is 12.6. The Morgan fingerprint density at radius 1 is 1.20 bits per heavy atom. The average molecular weight is 316 g/mol. The molecule has 1 aromatic carbocycles. The van der Waals surface area contributed by atoms with Crippen LogP contribution in [-0.2, 0) is 12.8 Å². The van der Waals surface area contributed by atoms with Gasteiger partial charge in [-0.3, -0.25) is 0 Å². The molecule has 20 heavy (non-hydrogen) atoms. The van der Waals surface area contributed by atoms with Gasteiger partial charge in [0.15, 0.2) is 11.6 Å². The molecular weight excluding hydrogens is 300 g/mol. The van der Waals surface area contributed by atoms with Gasteiger partial charge in [0.1, 0.15) is 0 Å². The Labute approximate surface area is 126 Å². The summed E-state index contributed by atoms with van der Waals surface area (Å²) in [7, 11) is 0. The first-order chi connectivity index (χ1) is 9.60. The second-order valence-corrected chi connectivity index (χ2v) is 6.38. The highest BCUT2D eigenvalue weighted by Crippen LogP contribution is 2.23. The van der Waals surface area contributed by atoms with Crippen molar-refractivity contribution in [2.24, 2.45) is 0 Å². The quantitative estimate of drug-likeness (QED) is 0.831. The van der Waals surface area contributed by atoms with Crippen molar-refractivity contribution < 1.29 is 8.78 Å². The van der Waals surface area contributed by atoms with E-state index in [-0.39, 0.29) is 6.04 Å². The SMILES string of the molecule is CCNC(Cc1ccc(Cl)s1)Cc1cccc(F)c1F. The van der Waals surface area contributed by atoms with Gasteiger partial charge in [-0.15, -0.1) is 11.3 Å². The summed E-state index contributed by atoms with van der Waals surface area (Å²) in [6.07, 6.45) is 1.20. The molecule has 0 radical (unpaired) electrons. The van der Waals surface area contributed by atoms with Crippen molar-refractivity contribution in [2.45, 2.75) is 25.8 Å². The van der Waals surface area contributed by atoms with Gasteiger partial charge >= 0.3 is 0 Å². The smallest absolute Gasteiger partial charge is 0.162 e. The fourth-order valence-corrected chi connectivity index (χ4v) is 3.35. The van der Waals surface area contributed by atoms with Crippen LogP contribution in [0.3, 0.4) is 0 Å². The van der Waals surface area contributed by atoms with E-state index in [4.69, 9.17) is 11.6 Å². The largest absolute Gasteiger partial charge is 0.314 e. The maximum Gasteiger partial charge on any atom is 0.162 e. The second kappa shape index (κ2) is 7.16. The topological polar surface area (TPSA) is 12.0 Å². The van der Waals surface area contributed by atoms with E-state index in [1.807, 2.05) is 19.1 Å². The van der Waals surface area contributed by atoms with Crippen molar-refractivity contribution in [3.8, 4) is 0 Å².